The summed E-state index contributed by atoms with van der Waals surface area (Å²) >= 11 is 3.58. The maximum atomic E-state index is 12.8. The molecule has 25 heavy (non-hydrogen) atoms. The van der Waals surface area contributed by atoms with E-state index in [2.05, 4.69) is 21.2 Å². The van der Waals surface area contributed by atoms with Crippen molar-refractivity contribution in [2.45, 2.75) is 50.5 Å². The minimum Gasteiger partial charge on any atom is -0.486 e. The zero-order valence-corrected chi connectivity index (χ0v) is 15.9. The molecule has 0 aromatic heterocycles. The highest BCUT2D eigenvalue weighted by Gasteiger charge is 2.51. The summed E-state index contributed by atoms with van der Waals surface area (Å²) in [4.78, 5) is 12.8. The predicted molar refractivity (Wildman–Crippen MR) is 97.9 cm³/mol. The summed E-state index contributed by atoms with van der Waals surface area (Å²) in [5.41, 5.74) is 1.04. The summed E-state index contributed by atoms with van der Waals surface area (Å²) in [5, 5.41) is 3.45. The number of amides is 1. The van der Waals surface area contributed by atoms with Gasteiger partial charge in [-0.25, -0.2) is 0 Å². The summed E-state index contributed by atoms with van der Waals surface area (Å²) < 4.78 is 12.2. The van der Waals surface area contributed by atoms with Crippen molar-refractivity contribution in [3.8, 4) is 11.5 Å². The Hall–Kier alpha value is -1.23. The van der Waals surface area contributed by atoms with Crippen LogP contribution in [0.1, 0.15) is 44.1 Å². The van der Waals surface area contributed by atoms with Crippen molar-refractivity contribution in [3.63, 3.8) is 0 Å². The lowest BCUT2D eigenvalue weighted by Gasteiger charge is -2.56. The highest BCUT2D eigenvalue weighted by atomic mass is 79.9. The van der Waals surface area contributed by atoms with Gasteiger partial charge in [0.25, 0.3) is 0 Å². The number of halogens is 1. The summed E-state index contributed by atoms with van der Waals surface area (Å²) in [7, 11) is 0. The Kier molecular flexibility index (Phi) is 3.77. The fourth-order valence-electron chi connectivity index (χ4n) is 6.02. The lowest BCUT2D eigenvalue weighted by molar-refractivity contribution is -0.126. The molecule has 0 unspecified atom stereocenters. The van der Waals surface area contributed by atoms with Gasteiger partial charge in [0.2, 0.25) is 5.91 Å². The minimum absolute atomic E-state index is 0.0755. The highest BCUT2D eigenvalue weighted by Crippen LogP contribution is 2.55. The number of rotatable bonds is 3. The fourth-order valence-corrected chi connectivity index (χ4v) is 6.48. The second-order valence-corrected chi connectivity index (χ2v) is 9.36. The van der Waals surface area contributed by atoms with Crippen LogP contribution in [-0.4, -0.2) is 24.7 Å². The van der Waals surface area contributed by atoms with Gasteiger partial charge in [-0.3, -0.25) is 4.79 Å². The van der Waals surface area contributed by atoms with Crippen LogP contribution in [-0.2, 0) is 11.2 Å². The Morgan fingerprint density at radius 2 is 1.60 bits per heavy atom. The lowest BCUT2D eigenvalue weighted by Crippen LogP contribution is -2.60. The smallest absolute Gasteiger partial charge is 0.224 e. The summed E-state index contributed by atoms with van der Waals surface area (Å²) in [6.45, 7) is 1.14. The second-order valence-electron chi connectivity index (χ2n) is 8.51. The molecule has 1 amide bonds. The Balaban J connectivity index is 1.31. The van der Waals surface area contributed by atoms with Crippen LogP contribution >= 0.6 is 15.9 Å². The van der Waals surface area contributed by atoms with Crippen molar-refractivity contribution in [1.29, 1.82) is 0 Å². The van der Waals surface area contributed by atoms with Crippen molar-refractivity contribution < 1.29 is 14.3 Å². The Morgan fingerprint density at radius 3 is 2.20 bits per heavy atom. The molecular weight excluding hydrogens is 382 g/mol. The van der Waals surface area contributed by atoms with Gasteiger partial charge >= 0.3 is 0 Å². The molecule has 4 saturated carbocycles. The van der Waals surface area contributed by atoms with Gasteiger partial charge < -0.3 is 14.8 Å². The fraction of sp³-hybridized carbons (Fsp3) is 0.650. The molecule has 5 heteroatoms. The molecule has 6 rings (SSSR count). The molecule has 1 N–H and O–H groups in total. The molecule has 0 spiro atoms. The van der Waals surface area contributed by atoms with Crippen LogP contribution in [0.25, 0.3) is 0 Å². The van der Waals surface area contributed by atoms with E-state index in [9.17, 15) is 4.79 Å². The van der Waals surface area contributed by atoms with Crippen molar-refractivity contribution in [2.24, 2.45) is 17.8 Å². The molecule has 1 aliphatic heterocycles. The molecule has 4 fully saturated rings. The van der Waals surface area contributed by atoms with E-state index in [1.54, 1.807) is 0 Å². The van der Waals surface area contributed by atoms with E-state index in [0.29, 0.717) is 19.6 Å². The third-order valence-electron chi connectivity index (χ3n) is 6.51. The second kappa shape index (κ2) is 5.90. The molecule has 4 aliphatic carbocycles. The van der Waals surface area contributed by atoms with E-state index in [1.807, 2.05) is 12.1 Å². The van der Waals surface area contributed by atoms with Crippen LogP contribution in [0.5, 0.6) is 11.5 Å². The first-order chi connectivity index (χ1) is 12.1. The van der Waals surface area contributed by atoms with Crippen LogP contribution in [0.3, 0.4) is 0 Å². The van der Waals surface area contributed by atoms with E-state index in [4.69, 9.17) is 9.47 Å². The normalized spacial score (nSPS) is 34.8. The molecule has 134 valence electrons. The van der Waals surface area contributed by atoms with Gasteiger partial charge in [0.1, 0.15) is 13.2 Å². The molecule has 5 aliphatic rings. The Morgan fingerprint density at radius 1 is 1.04 bits per heavy atom. The van der Waals surface area contributed by atoms with E-state index < -0.39 is 0 Å². The van der Waals surface area contributed by atoms with Crippen LogP contribution in [0.4, 0.5) is 0 Å². The standard InChI is InChI=1S/C20H24BrNO3/c21-16-8-18-17(24-1-2-25-18)6-15(16)7-19(23)22-20-9-12-3-13(10-20)5-14(4-12)11-20/h6,8,12-14H,1-5,7,9-11H2,(H,22,23). The van der Waals surface area contributed by atoms with Crippen molar-refractivity contribution >= 4 is 21.8 Å². The SMILES string of the molecule is O=C(Cc1cc2c(cc1Br)OCCO2)NC12CC3CC(CC(C3)C1)C2. The average Bonchev–Trinajstić information content (AvgIpc) is 2.53. The number of carbonyl (C=O) groups is 1. The van der Waals surface area contributed by atoms with Crippen molar-refractivity contribution in [1.82, 2.24) is 5.32 Å². The first kappa shape index (κ1) is 16.0. The van der Waals surface area contributed by atoms with Gasteiger partial charge in [0.05, 0.1) is 6.42 Å². The maximum Gasteiger partial charge on any atom is 0.224 e. The largest absolute Gasteiger partial charge is 0.486 e. The molecule has 0 radical (unpaired) electrons. The van der Waals surface area contributed by atoms with Crippen LogP contribution < -0.4 is 14.8 Å². The van der Waals surface area contributed by atoms with Crippen LogP contribution in [0.2, 0.25) is 0 Å². The van der Waals surface area contributed by atoms with Gasteiger partial charge in [-0.15, -0.1) is 0 Å². The first-order valence-electron chi connectivity index (χ1n) is 9.48. The summed E-state index contributed by atoms with van der Waals surface area (Å²) in [5.74, 6) is 4.16. The van der Waals surface area contributed by atoms with Crippen LogP contribution in [0.15, 0.2) is 16.6 Å². The molecule has 1 aromatic carbocycles. The summed E-state index contributed by atoms with van der Waals surface area (Å²) in [6.07, 6.45) is 8.13. The molecule has 4 nitrogen and oxygen atoms in total. The molecule has 1 aromatic rings. The number of carbonyl (C=O) groups excluding carboxylic acids is 1. The zero-order chi connectivity index (χ0) is 17.0. The monoisotopic (exact) mass is 405 g/mol. The Bertz CT molecular complexity index is 682. The van der Waals surface area contributed by atoms with Crippen molar-refractivity contribution in [2.75, 3.05) is 13.2 Å². The zero-order valence-electron chi connectivity index (χ0n) is 14.4. The van der Waals surface area contributed by atoms with Gasteiger partial charge in [0, 0.05) is 10.0 Å². The highest BCUT2D eigenvalue weighted by molar-refractivity contribution is 9.10. The third kappa shape index (κ3) is 2.94. The molecule has 0 atom stereocenters. The van der Waals surface area contributed by atoms with E-state index in [1.165, 1.54) is 38.5 Å². The minimum atomic E-state index is 0.0755. The molecule has 0 saturated heterocycles. The Labute approximate surface area is 156 Å². The number of fused-ring (bicyclic) bond motifs is 1. The van der Waals surface area contributed by atoms with Gasteiger partial charge in [-0.2, -0.15) is 0 Å². The average molecular weight is 406 g/mol. The first-order valence-corrected chi connectivity index (χ1v) is 10.3. The van der Waals surface area contributed by atoms with Crippen LogP contribution in [0, 0.1) is 17.8 Å². The van der Waals surface area contributed by atoms with Gasteiger partial charge in [0.15, 0.2) is 11.5 Å². The number of ether oxygens (including phenoxy) is 2. The van der Waals surface area contributed by atoms with E-state index >= 15 is 0 Å². The van der Waals surface area contributed by atoms with Gasteiger partial charge in [-0.1, -0.05) is 15.9 Å². The number of nitrogens with one attached hydrogen (secondary N) is 1. The topological polar surface area (TPSA) is 47.6 Å². The van der Waals surface area contributed by atoms with Crippen molar-refractivity contribution in [3.05, 3.63) is 22.2 Å². The van der Waals surface area contributed by atoms with Gasteiger partial charge in [-0.05, 0) is 74.0 Å². The quantitative estimate of drug-likeness (QED) is 0.830. The maximum absolute atomic E-state index is 12.8. The molecule has 1 heterocycles. The third-order valence-corrected chi connectivity index (χ3v) is 7.24. The predicted octanol–water partition coefficient (Wildman–Crippen LogP) is 3.85. The number of hydrogen-bond acceptors (Lipinski definition) is 3. The summed E-state index contributed by atoms with van der Waals surface area (Å²) in [6, 6.07) is 3.86. The molecular formula is C20H24BrNO3. The van der Waals surface area contributed by atoms with E-state index in [0.717, 1.165) is 39.3 Å². The number of benzene rings is 1. The number of hydrogen-bond donors (Lipinski definition) is 1. The lowest BCUT2D eigenvalue weighted by atomic mass is 9.53. The molecule has 4 bridgehead atoms. The van der Waals surface area contributed by atoms with E-state index in [-0.39, 0.29) is 11.4 Å².